The quantitative estimate of drug-likeness (QED) is 0.773. The molecule has 5 heteroatoms. The molecule has 18 heavy (non-hydrogen) atoms. The van der Waals surface area contributed by atoms with Crippen LogP contribution in [0.5, 0.6) is 0 Å². The lowest BCUT2D eigenvalue weighted by Gasteiger charge is -2.36. The molecular weight excluding hydrogens is 232 g/mol. The summed E-state index contributed by atoms with van der Waals surface area (Å²) in [6.45, 7) is 3.69. The minimum atomic E-state index is -0.702. The molecule has 1 saturated heterocycles. The van der Waals surface area contributed by atoms with E-state index < -0.39 is 5.54 Å². The summed E-state index contributed by atoms with van der Waals surface area (Å²) in [5, 5.41) is 2.87. The molecule has 2 aliphatic rings. The van der Waals surface area contributed by atoms with E-state index in [1.807, 2.05) is 6.92 Å². The van der Waals surface area contributed by atoms with Gasteiger partial charge in [-0.1, -0.05) is 19.8 Å². The highest BCUT2D eigenvalue weighted by molar-refractivity contribution is 6.07. The Labute approximate surface area is 107 Å². The van der Waals surface area contributed by atoms with Crippen molar-refractivity contribution in [2.75, 3.05) is 6.54 Å². The zero-order chi connectivity index (χ0) is 13.3. The van der Waals surface area contributed by atoms with Crippen LogP contribution in [0.1, 0.15) is 46.0 Å². The van der Waals surface area contributed by atoms with Crippen LogP contribution in [-0.4, -0.2) is 34.7 Å². The fourth-order valence-corrected chi connectivity index (χ4v) is 2.97. The lowest BCUT2D eigenvalue weighted by Crippen LogP contribution is -2.53. The van der Waals surface area contributed by atoms with E-state index in [4.69, 9.17) is 0 Å². The third kappa shape index (κ3) is 2.02. The van der Waals surface area contributed by atoms with Gasteiger partial charge in [-0.3, -0.25) is 14.5 Å². The number of nitrogens with one attached hydrogen (secondary N) is 1. The number of amides is 3. The standard InChI is InChI=1S/C13H20N2O3/c1-9-5-3-4-7-13(9)11(17)15(12(18)14-13)8-6-10(2)16/h9H,3-8H2,1-2H3,(H,14,18). The third-order valence-corrected chi connectivity index (χ3v) is 4.19. The Kier molecular flexibility index (Phi) is 3.41. The van der Waals surface area contributed by atoms with Crippen LogP contribution in [0.25, 0.3) is 0 Å². The van der Waals surface area contributed by atoms with Crippen molar-refractivity contribution in [1.82, 2.24) is 10.2 Å². The second kappa shape index (κ2) is 4.71. The number of hydrogen-bond donors (Lipinski definition) is 1. The van der Waals surface area contributed by atoms with Crippen molar-refractivity contribution >= 4 is 17.7 Å². The van der Waals surface area contributed by atoms with Crippen LogP contribution in [0.4, 0.5) is 4.79 Å². The predicted octanol–water partition coefficient (Wildman–Crippen LogP) is 1.47. The number of rotatable bonds is 3. The molecule has 1 saturated carbocycles. The van der Waals surface area contributed by atoms with Crippen LogP contribution in [-0.2, 0) is 9.59 Å². The summed E-state index contributed by atoms with van der Waals surface area (Å²) < 4.78 is 0. The number of ketones is 1. The maximum atomic E-state index is 12.4. The molecule has 1 aliphatic heterocycles. The highest BCUT2D eigenvalue weighted by Gasteiger charge is 2.54. The summed E-state index contributed by atoms with van der Waals surface area (Å²) in [5.41, 5.74) is -0.702. The number of Topliss-reactive ketones (excluding diaryl/α,β-unsaturated/α-hetero) is 1. The Bertz CT molecular complexity index is 394. The van der Waals surface area contributed by atoms with Crippen LogP contribution in [0, 0.1) is 5.92 Å². The van der Waals surface area contributed by atoms with Crippen LogP contribution < -0.4 is 5.32 Å². The van der Waals surface area contributed by atoms with E-state index in [0.717, 1.165) is 25.7 Å². The topological polar surface area (TPSA) is 66.5 Å². The first-order chi connectivity index (χ1) is 8.47. The highest BCUT2D eigenvalue weighted by Crippen LogP contribution is 2.38. The van der Waals surface area contributed by atoms with Gasteiger partial charge in [0.1, 0.15) is 11.3 Å². The molecule has 100 valence electrons. The van der Waals surface area contributed by atoms with Crippen molar-refractivity contribution in [3.8, 4) is 0 Å². The molecule has 2 atom stereocenters. The number of urea groups is 1. The van der Waals surface area contributed by atoms with Gasteiger partial charge in [-0.25, -0.2) is 4.79 Å². The van der Waals surface area contributed by atoms with E-state index in [1.165, 1.54) is 11.8 Å². The average Bonchev–Trinajstić information content (AvgIpc) is 2.54. The molecule has 0 aromatic heterocycles. The van der Waals surface area contributed by atoms with Crippen molar-refractivity contribution in [3.63, 3.8) is 0 Å². The average molecular weight is 252 g/mol. The Morgan fingerprint density at radius 1 is 1.44 bits per heavy atom. The minimum absolute atomic E-state index is 0.00626. The summed E-state index contributed by atoms with van der Waals surface area (Å²) in [5.74, 6) is 0.0271. The summed E-state index contributed by atoms with van der Waals surface area (Å²) in [7, 11) is 0. The van der Waals surface area contributed by atoms with Crippen LogP contribution in [0.15, 0.2) is 0 Å². The van der Waals surface area contributed by atoms with Crippen LogP contribution in [0.3, 0.4) is 0 Å². The normalized spacial score (nSPS) is 31.9. The van der Waals surface area contributed by atoms with Gasteiger partial charge in [0, 0.05) is 13.0 Å². The smallest absolute Gasteiger partial charge is 0.323 e. The van der Waals surface area contributed by atoms with Crippen LogP contribution in [0.2, 0.25) is 0 Å². The minimum Gasteiger partial charge on any atom is -0.323 e. The first-order valence-corrected chi connectivity index (χ1v) is 6.61. The van der Waals surface area contributed by atoms with E-state index >= 15 is 0 Å². The van der Waals surface area contributed by atoms with Gasteiger partial charge in [-0.15, -0.1) is 0 Å². The molecule has 0 radical (unpaired) electrons. The zero-order valence-electron chi connectivity index (χ0n) is 11.0. The third-order valence-electron chi connectivity index (χ3n) is 4.19. The molecule has 0 aromatic rings. The summed E-state index contributed by atoms with van der Waals surface area (Å²) in [4.78, 5) is 36.5. The predicted molar refractivity (Wildman–Crippen MR) is 65.9 cm³/mol. The van der Waals surface area contributed by atoms with E-state index in [-0.39, 0.29) is 36.6 Å². The number of carbonyl (C=O) groups excluding carboxylic acids is 3. The lowest BCUT2D eigenvalue weighted by molar-refractivity contribution is -0.134. The van der Waals surface area contributed by atoms with E-state index in [2.05, 4.69) is 5.32 Å². The second-order valence-electron chi connectivity index (χ2n) is 5.46. The van der Waals surface area contributed by atoms with Crippen molar-refractivity contribution < 1.29 is 14.4 Å². The zero-order valence-corrected chi connectivity index (χ0v) is 11.0. The maximum absolute atomic E-state index is 12.4. The number of carbonyl (C=O) groups is 3. The van der Waals surface area contributed by atoms with Crippen molar-refractivity contribution in [2.45, 2.75) is 51.5 Å². The SMILES string of the molecule is CC(=O)CCN1C(=O)NC2(CCCCC2C)C1=O. The fraction of sp³-hybridized carbons (Fsp3) is 0.769. The monoisotopic (exact) mass is 252 g/mol. The molecule has 1 heterocycles. The Balaban J connectivity index is 2.14. The Morgan fingerprint density at radius 3 is 2.78 bits per heavy atom. The first-order valence-electron chi connectivity index (χ1n) is 6.61. The Hall–Kier alpha value is -1.39. The summed E-state index contributed by atoms with van der Waals surface area (Å²) in [6, 6.07) is -0.338. The lowest BCUT2D eigenvalue weighted by atomic mass is 9.73. The number of nitrogens with zero attached hydrogens (tertiary/aromatic N) is 1. The van der Waals surface area contributed by atoms with Gasteiger partial charge in [0.05, 0.1) is 0 Å². The van der Waals surface area contributed by atoms with Gasteiger partial charge < -0.3 is 5.32 Å². The van der Waals surface area contributed by atoms with Gasteiger partial charge in [0.15, 0.2) is 0 Å². The Morgan fingerprint density at radius 2 is 2.17 bits per heavy atom. The van der Waals surface area contributed by atoms with Gasteiger partial charge in [0.25, 0.3) is 5.91 Å². The summed E-state index contributed by atoms with van der Waals surface area (Å²) >= 11 is 0. The molecule has 0 aromatic carbocycles. The fourth-order valence-electron chi connectivity index (χ4n) is 2.97. The molecule has 1 N–H and O–H groups in total. The van der Waals surface area contributed by atoms with Gasteiger partial charge >= 0.3 is 6.03 Å². The van der Waals surface area contributed by atoms with Crippen molar-refractivity contribution in [1.29, 1.82) is 0 Å². The van der Waals surface area contributed by atoms with E-state index in [1.54, 1.807) is 0 Å². The molecule has 3 amide bonds. The first kappa shape index (κ1) is 13.1. The largest absolute Gasteiger partial charge is 0.325 e. The molecule has 1 spiro atoms. The van der Waals surface area contributed by atoms with Crippen molar-refractivity contribution in [2.24, 2.45) is 5.92 Å². The molecule has 2 fully saturated rings. The van der Waals surface area contributed by atoms with Gasteiger partial charge in [0.2, 0.25) is 0 Å². The van der Waals surface area contributed by atoms with E-state index in [0.29, 0.717) is 0 Å². The maximum Gasteiger partial charge on any atom is 0.325 e. The second-order valence-corrected chi connectivity index (χ2v) is 5.46. The van der Waals surface area contributed by atoms with Gasteiger partial charge in [-0.05, 0) is 25.7 Å². The molecule has 5 nitrogen and oxygen atoms in total. The molecule has 2 rings (SSSR count). The number of hydrogen-bond acceptors (Lipinski definition) is 3. The number of imide groups is 1. The highest BCUT2D eigenvalue weighted by atomic mass is 16.2. The summed E-state index contributed by atoms with van der Waals surface area (Å²) in [6.07, 6.45) is 4.00. The van der Waals surface area contributed by atoms with Crippen LogP contribution >= 0.6 is 0 Å². The molecule has 1 aliphatic carbocycles. The van der Waals surface area contributed by atoms with E-state index in [9.17, 15) is 14.4 Å². The molecule has 2 unspecified atom stereocenters. The molecule has 0 bridgehead atoms. The molecular formula is C13H20N2O3. The van der Waals surface area contributed by atoms with Gasteiger partial charge in [-0.2, -0.15) is 0 Å². The van der Waals surface area contributed by atoms with Crippen molar-refractivity contribution in [3.05, 3.63) is 0 Å².